The van der Waals surface area contributed by atoms with E-state index in [9.17, 15) is 9.59 Å². The van der Waals surface area contributed by atoms with Crippen molar-refractivity contribution < 1.29 is 14.3 Å². The van der Waals surface area contributed by atoms with Crippen LogP contribution in [0.2, 0.25) is 0 Å². The van der Waals surface area contributed by atoms with Gasteiger partial charge >= 0.3 is 5.97 Å². The molecule has 0 aromatic heterocycles. The molecule has 2 rings (SSSR count). The van der Waals surface area contributed by atoms with E-state index in [1.54, 1.807) is 0 Å². The number of rotatable bonds is 4. The second kappa shape index (κ2) is 6.60. The van der Waals surface area contributed by atoms with Crippen LogP contribution in [0.1, 0.15) is 33.3 Å². The zero-order valence-corrected chi connectivity index (χ0v) is 13.4. The van der Waals surface area contributed by atoms with Crippen LogP contribution in [0.3, 0.4) is 0 Å². The number of ether oxygens (including phenoxy) is 1. The molecular formula is C18H21NO3. The standard InChI is InChI=1S/C18H21NO3/c1-11-16(14(4)20)12(2)19-13(3)17(11)18(21)22-10-15-8-6-5-7-9-15/h5-9,11,19H,10H2,1-4H3. The maximum atomic E-state index is 12.4. The summed E-state index contributed by atoms with van der Waals surface area (Å²) in [7, 11) is 0. The Labute approximate surface area is 130 Å². The molecule has 1 aromatic rings. The smallest absolute Gasteiger partial charge is 0.336 e. The number of ketones is 1. The minimum Gasteiger partial charge on any atom is -0.457 e. The van der Waals surface area contributed by atoms with Crippen molar-refractivity contribution in [2.45, 2.75) is 34.3 Å². The topological polar surface area (TPSA) is 55.4 Å². The van der Waals surface area contributed by atoms with Crippen molar-refractivity contribution in [1.29, 1.82) is 0 Å². The molecule has 0 spiro atoms. The number of carbonyl (C=O) groups excluding carboxylic acids is 2. The molecule has 4 nitrogen and oxygen atoms in total. The van der Waals surface area contributed by atoms with Crippen molar-refractivity contribution in [1.82, 2.24) is 5.32 Å². The number of hydrogen-bond acceptors (Lipinski definition) is 4. The highest BCUT2D eigenvalue weighted by atomic mass is 16.5. The van der Waals surface area contributed by atoms with Crippen LogP contribution in [0.4, 0.5) is 0 Å². The van der Waals surface area contributed by atoms with E-state index in [-0.39, 0.29) is 24.3 Å². The SMILES string of the molecule is CC(=O)C1=C(C)NC(C)=C(C(=O)OCc2ccccc2)C1C. The normalized spacial score (nSPS) is 18.1. The lowest BCUT2D eigenvalue weighted by Crippen LogP contribution is -2.30. The number of benzene rings is 1. The van der Waals surface area contributed by atoms with Crippen molar-refractivity contribution in [2.75, 3.05) is 0 Å². The van der Waals surface area contributed by atoms with Crippen molar-refractivity contribution in [2.24, 2.45) is 5.92 Å². The summed E-state index contributed by atoms with van der Waals surface area (Å²) in [5.41, 5.74) is 3.64. The lowest BCUT2D eigenvalue weighted by Gasteiger charge is -2.27. The van der Waals surface area contributed by atoms with E-state index in [1.165, 1.54) is 6.92 Å². The molecule has 1 aliphatic heterocycles. The highest BCUT2D eigenvalue weighted by Crippen LogP contribution is 2.30. The van der Waals surface area contributed by atoms with Gasteiger partial charge in [-0.2, -0.15) is 0 Å². The van der Waals surface area contributed by atoms with Gasteiger partial charge in [-0.05, 0) is 26.3 Å². The lowest BCUT2D eigenvalue weighted by molar-refractivity contribution is -0.140. The number of hydrogen-bond donors (Lipinski definition) is 1. The van der Waals surface area contributed by atoms with Crippen molar-refractivity contribution >= 4 is 11.8 Å². The van der Waals surface area contributed by atoms with Crippen LogP contribution in [-0.2, 0) is 20.9 Å². The Morgan fingerprint density at radius 2 is 1.68 bits per heavy atom. The maximum absolute atomic E-state index is 12.4. The predicted molar refractivity (Wildman–Crippen MR) is 84.6 cm³/mol. The predicted octanol–water partition coefficient (Wildman–Crippen LogP) is 3.11. The number of dihydropyridines is 1. The van der Waals surface area contributed by atoms with Crippen LogP contribution in [-0.4, -0.2) is 11.8 Å². The van der Waals surface area contributed by atoms with E-state index in [0.29, 0.717) is 11.1 Å². The molecule has 0 bridgehead atoms. The van der Waals surface area contributed by atoms with E-state index in [0.717, 1.165) is 17.0 Å². The molecule has 4 heteroatoms. The van der Waals surface area contributed by atoms with E-state index < -0.39 is 0 Å². The van der Waals surface area contributed by atoms with Crippen LogP contribution in [0.25, 0.3) is 0 Å². The molecule has 0 radical (unpaired) electrons. The Kier molecular flexibility index (Phi) is 4.81. The van der Waals surface area contributed by atoms with Crippen LogP contribution in [0, 0.1) is 5.92 Å². The number of esters is 1. The van der Waals surface area contributed by atoms with Crippen molar-refractivity contribution in [3.05, 3.63) is 58.4 Å². The summed E-state index contributed by atoms with van der Waals surface area (Å²) in [5.74, 6) is -0.673. The molecule has 1 aromatic carbocycles. The van der Waals surface area contributed by atoms with Gasteiger partial charge in [-0.25, -0.2) is 4.79 Å². The molecule has 1 unspecified atom stereocenters. The second-order valence-corrected chi connectivity index (χ2v) is 5.54. The van der Waals surface area contributed by atoms with Gasteiger partial charge in [0, 0.05) is 22.9 Å². The summed E-state index contributed by atoms with van der Waals surface area (Å²) < 4.78 is 5.40. The summed E-state index contributed by atoms with van der Waals surface area (Å²) in [6, 6.07) is 9.53. The Morgan fingerprint density at radius 1 is 1.09 bits per heavy atom. The number of carbonyl (C=O) groups is 2. The molecule has 0 fully saturated rings. The maximum Gasteiger partial charge on any atom is 0.336 e. The van der Waals surface area contributed by atoms with Gasteiger partial charge in [0.05, 0.1) is 5.57 Å². The van der Waals surface area contributed by atoms with Gasteiger partial charge < -0.3 is 10.1 Å². The molecule has 0 amide bonds. The summed E-state index contributed by atoms with van der Waals surface area (Å²) >= 11 is 0. The van der Waals surface area contributed by atoms with Gasteiger partial charge in [0.15, 0.2) is 5.78 Å². The third kappa shape index (κ3) is 3.27. The fraction of sp³-hybridized carbons (Fsp3) is 0.333. The Hall–Kier alpha value is -2.36. The van der Waals surface area contributed by atoms with Gasteiger partial charge in [0.1, 0.15) is 6.61 Å². The second-order valence-electron chi connectivity index (χ2n) is 5.54. The molecule has 1 aliphatic rings. The molecule has 0 saturated carbocycles. The van der Waals surface area contributed by atoms with E-state index >= 15 is 0 Å². The minimum atomic E-state index is -0.382. The molecule has 1 N–H and O–H groups in total. The molecule has 1 heterocycles. The van der Waals surface area contributed by atoms with E-state index in [4.69, 9.17) is 4.74 Å². The zero-order valence-electron chi connectivity index (χ0n) is 13.4. The number of allylic oxidation sites excluding steroid dienone is 3. The molecule has 1 atom stereocenters. The van der Waals surface area contributed by atoms with Gasteiger partial charge in [-0.15, -0.1) is 0 Å². The van der Waals surface area contributed by atoms with Gasteiger partial charge in [0.2, 0.25) is 0 Å². The molecule has 0 aliphatic carbocycles. The first-order valence-electron chi connectivity index (χ1n) is 7.32. The molecule has 0 saturated heterocycles. The van der Waals surface area contributed by atoms with Gasteiger partial charge in [-0.1, -0.05) is 37.3 Å². The average Bonchev–Trinajstić information content (AvgIpc) is 2.45. The highest BCUT2D eigenvalue weighted by Gasteiger charge is 2.31. The van der Waals surface area contributed by atoms with Crippen molar-refractivity contribution in [3.8, 4) is 0 Å². The molecule has 22 heavy (non-hydrogen) atoms. The molecule has 116 valence electrons. The largest absolute Gasteiger partial charge is 0.457 e. The fourth-order valence-electron chi connectivity index (χ4n) is 2.91. The highest BCUT2D eigenvalue weighted by molar-refractivity contribution is 5.99. The third-order valence-corrected chi connectivity index (χ3v) is 3.86. The Bertz CT molecular complexity index is 656. The Morgan fingerprint density at radius 3 is 2.27 bits per heavy atom. The lowest BCUT2D eigenvalue weighted by atomic mass is 9.85. The van der Waals surface area contributed by atoms with Crippen LogP contribution >= 0.6 is 0 Å². The third-order valence-electron chi connectivity index (χ3n) is 3.86. The quantitative estimate of drug-likeness (QED) is 0.868. The summed E-state index contributed by atoms with van der Waals surface area (Å²) in [4.78, 5) is 24.2. The van der Waals surface area contributed by atoms with E-state index in [2.05, 4.69) is 5.32 Å². The minimum absolute atomic E-state index is 0.0293. The van der Waals surface area contributed by atoms with Gasteiger partial charge in [0.25, 0.3) is 0 Å². The van der Waals surface area contributed by atoms with Crippen molar-refractivity contribution in [3.63, 3.8) is 0 Å². The first-order chi connectivity index (χ1) is 10.4. The summed E-state index contributed by atoms with van der Waals surface area (Å²) in [5, 5.41) is 3.11. The Balaban J connectivity index is 2.15. The zero-order chi connectivity index (χ0) is 16.3. The number of Topliss-reactive ketones (excluding diaryl/α,β-unsaturated/α-hetero) is 1. The van der Waals surface area contributed by atoms with Crippen LogP contribution < -0.4 is 5.32 Å². The molecular weight excluding hydrogens is 278 g/mol. The summed E-state index contributed by atoms with van der Waals surface area (Å²) in [6.45, 7) is 7.29. The van der Waals surface area contributed by atoms with Gasteiger partial charge in [-0.3, -0.25) is 4.79 Å². The number of nitrogens with one attached hydrogen (secondary N) is 1. The average molecular weight is 299 g/mol. The monoisotopic (exact) mass is 299 g/mol. The van der Waals surface area contributed by atoms with Crippen LogP contribution in [0.5, 0.6) is 0 Å². The first-order valence-corrected chi connectivity index (χ1v) is 7.32. The van der Waals surface area contributed by atoms with Crippen LogP contribution in [0.15, 0.2) is 52.9 Å². The summed E-state index contributed by atoms with van der Waals surface area (Å²) in [6.07, 6.45) is 0. The first kappa shape index (κ1) is 16.0. The van der Waals surface area contributed by atoms with E-state index in [1.807, 2.05) is 51.1 Å². The fourth-order valence-corrected chi connectivity index (χ4v) is 2.91.